The molecule has 0 saturated heterocycles. The Morgan fingerprint density at radius 3 is 2.87 bits per heavy atom. The van der Waals surface area contributed by atoms with Crippen molar-refractivity contribution in [1.82, 2.24) is 19.8 Å². The van der Waals surface area contributed by atoms with E-state index in [0.717, 1.165) is 16.3 Å². The lowest BCUT2D eigenvalue weighted by molar-refractivity contribution is 0.160. The summed E-state index contributed by atoms with van der Waals surface area (Å²) in [5.41, 5.74) is 9.07. The van der Waals surface area contributed by atoms with Crippen molar-refractivity contribution in [3.8, 4) is 10.6 Å². The summed E-state index contributed by atoms with van der Waals surface area (Å²) in [6.07, 6.45) is 1.67. The van der Waals surface area contributed by atoms with E-state index in [1.807, 2.05) is 11.5 Å². The quantitative estimate of drug-likeness (QED) is 0.661. The molecule has 4 N–H and O–H groups in total. The van der Waals surface area contributed by atoms with E-state index >= 15 is 0 Å². The summed E-state index contributed by atoms with van der Waals surface area (Å²) in [6.45, 7) is 0.318. The summed E-state index contributed by atoms with van der Waals surface area (Å²) in [5.74, 6) is 0.274. The highest BCUT2D eigenvalue weighted by Crippen LogP contribution is 2.21. The summed E-state index contributed by atoms with van der Waals surface area (Å²) < 4.78 is 3.88. The molecule has 6 nitrogen and oxygen atoms in total. The number of aromatic nitrogens is 3. The first-order chi connectivity index (χ1) is 7.29. The van der Waals surface area contributed by atoms with Crippen LogP contribution in [0.15, 0.2) is 18.3 Å². The van der Waals surface area contributed by atoms with Crippen molar-refractivity contribution in [2.45, 2.75) is 6.54 Å². The monoisotopic (exact) mass is 223 g/mol. The number of nitrogens with one attached hydrogen (secondary N) is 1. The Balaban J connectivity index is 2.23. The Morgan fingerprint density at radius 2 is 2.33 bits per heavy atom. The molecule has 0 bridgehead atoms. The van der Waals surface area contributed by atoms with Gasteiger partial charge in [0, 0.05) is 11.8 Å². The topological polar surface area (TPSA) is 97.0 Å². The van der Waals surface area contributed by atoms with Crippen molar-refractivity contribution in [2.24, 2.45) is 0 Å². The number of nitrogens with two attached hydrogens (primary N) is 1. The van der Waals surface area contributed by atoms with Crippen LogP contribution in [0.2, 0.25) is 0 Å². The summed E-state index contributed by atoms with van der Waals surface area (Å²) >= 11 is 1.23. The van der Waals surface area contributed by atoms with E-state index < -0.39 is 0 Å². The maximum Gasteiger partial charge on any atom is 0.232 e. The Morgan fingerprint density at radius 1 is 1.47 bits per heavy atom. The molecule has 2 rings (SSSR count). The zero-order valence-electron chi connectivity index (χ0n) is 7.71. The average molecular weight is 223 g/mol. The summed E-state index contributed by atoms with van der Waals surface area (Å²) in [4.78, 5) is 8.17. The molecule has 15 heavy (non-hydrogen) atoms. The molecule has 0 spiro atoms. The molecule has 0 fully saturated rings. The number of nitrogens with zero attached hydrogens (tertiary/aromatic N) is 3. The molecule has 2 aromatic rings. The fourth-order valence-electron chi connectivity index (χ4n) is 1.09. The van der Waals surface area contributed by atoms with Gasteiger partial charge in [-0.3, -0.25) is 4.98 Å². The molecule has 2 heterocycles. The van der Waals surface area contributed by atoms with Crippen molar-refractivity contribution in [1.29, 1.82) is 0 Å². The fourth-order valence-corrected chi connectivity index (χ4v) is 1.67. The van der Waals surface area contributed by atoms with Crippen LogP contribution in [0.1, 0.15) is 5.69 Å². The molecule has 0 radical (unpaired) electrons. The van der Waals surface area contributed by atoms with Crippen molar-refractivity contribution in [3.05, 3.63) is 24.0 Å². The first-order valence-electron chi connectivity index (χ1n) is 4.21. The number of rotatable bonds is 3. The molecular weight excluding hydrogens is 214 g/mol. The minimum absolute atomic E-state index is 0.274. The van der Waals surface area contributed by atoms with Crippen LogP contribution >= 0.6 is 11.5 Å². The minimum Gasteiger partial charge on any atom is -0.367 e. The molecule has 0 saturated carbocycles. The SMILES string of the molecule is Nc1nsc(-c2ccc(CNO)nc2)n1. The van der Waals surface area contributed by atoms with Gasteiger partial charge in [0.15, 0.2) is 0 Å². The Labute approximate surface area is 89.9 Å². The zero-order chi connectivity index (χ0) is 10.7. The number of hydroxylamine groups is 1. The molecule has 7 heteroatoms. The predicted molar refractivity (Wildman–Crippen MR) is 56.2 cm³/mol. The lowest BCUT2D eigenvalue weighted by Crippen LogP contribution is -2.07. The highest BCUT2D eigenvalue weighted by Gasteiger charge is 2.04. The molecule has 0 aliphatic heterocycles. The molecule has 78 valence electrons. The van der Waals surface area contributed by atoms with E-state index in [4.69, 9.17) is 10.9 Å². The number of nitrogen functional groups attached to an aromatic ring is 1. The fraction of sp³-hybridized carbons (Fsp3) is 0.125. The van der Waals surface area contributed by atoms with E-state index in [2.05, 4.69) is 14.3 Å². The Hall–Kier alpha value is -1.57. The summed E-state index contributed by atoms with van der Waals surface area (Å²) in [7, 11) is 0. The third kappa shape index (κ3) is 2.27. The van der Waals surface area contributed by atoms with Gasteiger partial charge in [0.2, 0.25) is 5.95 Å². The normalized spacial score (nSPS) is 10.5. The highest BCUT2D eigenvalue weighted by molar-refractivity contribution is 7.09. The van der Waals surface area contributed by atoms with Gasteiger partial charge in [0.05, 0.1) is 12.2 Å². The third-order valence-corrected chi connectivity index (χ3v) is 2.55. The summed E-state index contributed by atoms with van der Waals surface area (Å²) in [6, 6.07) is 3.66. The molecule has 0 atom stereocenters. The Kier molecular flexibility index (Phi) is 2.86. The van der Waals surface area contributed by atoms with Gasteiger partial charge in [-0.15, -0.1) is 0 Å². The van der Waals surface area contributed by atoms with Crippen LogP contribution in [-0.4, -0.2) is 19.5 Å². The highest BCUT2D eigenvalue weighted by atomic mass is 32.1. The van der Waals surface area contributed by atoms with Gasteiger partial charge in [-0.05, 0) is 23.7 Å². The van der Waals surface area contributed by atoms with Gasteiger partial charge in [-0.25, -0.2) is 0 Å². The van der Waals surface area contributed by atoms with Gasteiger partial charge in [0.1, 0.15) is 5.01 Å². The molecule has 0 aliphatic carbocycles. The van der Waals surface area contributed by atoms with Crippen molar-refractivity contribution < 1.29 is 5.21 Å². The standard InChI is InChI=1S/C8H9N5OS/c9-8-12-7(15-13-8)5-1-2-6(4-11-14)10-3-5/h1-3,11,14H,4H2,(H2,9,13). The van der Waals surface area contributed by atoms with Crippen LogP contribution in [-0.2, 0) is 6.54 Å². The van der Waals surface area contributed by atoms with E-state index in [9.17, 15) is 0 Å². The molecule has 0 unspecified atom stereocenters. The van der Waals surface area contributed by atoms with Gasteiger partial charge >= 0.3 is 0 Å². The van der Waals surface area contributed by atoms with E-state index in [-0.39, 0.29) is 5.95 Å². The zero-order valence-corrected chi connectivity index (χ0v) is 8.53. The van der Waals surface area contributed by atoms with Crippen LogP contribution in [0.4, 0.5) is 5.95 Å². The van der Waals surface area contributed by atoms with Crippen LogP contribution in [0, 0.1) is 0 Å². The van der Waals surface area contributed by atoms with Gasteiger partial charge in [0.25, 0.3) is 0 Å². The second kappa shape index (κ2) is 4.30. The van der Waals surface area contributed by atoms with Gasteiger partial charge in [-0.2, -0.15) is 14.8 Å². The van der Waals surface area contributed by atoms with Crippen molar-refractivity contribution >= 4 is 17.5 Å². The molecule has 0 aromatic carbocycles. The average Bonchev–Trinajstić information content (AvgIpc) is 2.67. The molecule has 0 amide bonds. The Bertz CT molecular complexity index is 441. The first kappa shape index (κ1) is 9.97. The second-order valence-electron chi connectivity index (χ2n) is 2.83. The van der Waals surface area contributed by atoms with Crippen molar-refractivity contribution in [2.75, 3.05) is 5.73 Å². The third-order valence-electron chi connectivity index (χ3n) is 1.77. The van der Waals surface area contributed by atoms with E-state index in [0.29, 0.717) is 6.54 Å². The van der Waals surface area contributed by atoms with E-state index in [1.54, 1.807) is 12.3 Å². The minimum atomic E-state index is 0.274. The largest absolute Gasteiger partial charge is 0.367 e. The van der Waals surface area contributed by atoms with Crippen LogP contribution in [0.25, 0.3) is 10.6 Å². The maximum absolute atomic E-state index is 8.48. The van der Waals surface area contributed by atoms with Crippen molar-refractivity contribution in [3.63, 3.8) is 0 Å². The van der Waals surface area contributed by atoms with Crippen LogP contribution < -0.4 is 11.2 Å². The number of hydrogen-bond acceptors (Lipinski definition) is 7. The molecular formula is C8H9N5OS. The number of pyridine rings is 1. The smallest absolute Gasteiger partial charge is 0.232 e. The van der Waals surface area contributed by atoms with Crippen LogP contribution in [0.5, 0.6) is 0 Å². The first-order valence-corrected chi connectivity index (χ1v) is 4.98. The summed E-state index contributed by atoms with van der Waals surface area (Å²) in [5, 5.41) is 9.22. The lowest BCUT2D eigenvalue weighted by Gasteiger charge is -1.98. The maximum atomic E-state index is 8.48. The van der Waals surface area contributed by atoms with E-state index in [1.165, 1.54) is 11.5 Å². The number of hydrogen-bond donors (Lipinski definition) is 3. The second-order valence-corrected chi connectivity index (χ2v) is 3.58. The van der Waals surface area contributed by atoms with Crippen LogP contribution in [0.3, 0.4) is 0 Å². The molecule has 0 aliphatic rings. The van der Waals surface area contributed by atoms with Gasteiger partial charge in [-0.1, -0.05) is 0 Å². The predicted octanol–water partition coefficient (Wildman–Crippen LogP) is 0.661. The molecule has 2 aromatic heterocycles. The lowest BCUT2D eigenvalue weighted by atomic mass is 10.2. The number of anilines is 1. The van der Waals surface area contributed by atoms with Gasteiger partial charge < -0.3 is 10.9 Å².